The number of nitrogens with zero attached hydrogens (tertiary/aromatic N) is 3. The largest absolute Gasteiger partial charge is 0.486 e. The van der Waals surface area contributed by atoms with Crippen LogP contribution in [0.4, 0.5) is 4.79 Å². The van der Waals surface area contributed by atoms with E-state index in [1.165, 1.54) is 0 Å². The van der Waals surface area contributed by atoms with Crippen molar-refractivity contribution in [2.24, 2.45) is 0 Å². The molecular formula is C45H44N4O6. The molecule has 2 spiro atoms. The van der Waals surface area contributed by atoms with E-state index in [1.807, 2.05) is 93.6 Å². The first-order valence-corrected chi connectivity index (χ1v) is 18.8. The molecule has 0 radical (unpaired) electrons. The lowest BCUT2D eigenvalue weighted by molar-refractivity contribution is -0.0226. The van der Waals surface area contributed by atoms with Gasteiger partial charge in [0.1, 0.15) is 28.3 Å². The van der Waals surface area contributed by atoms with Crippen LogP contribution in [0.3, 0.4) is 0 Å². The summed E-state index contributed by atoms with van der Waals surface area (Å²) in [4.78, 5) is 39.8. The van der Waals surface area contributed by atoms with Gasteiger partial charge in [-0.15, -0.1) is 0 Å². The highest BCUT2D eigenvalue weighted by Crippen LogP contribution is 2.42. The quantitative estimate of drug-likeness (QED) is 0.215. The van der Waals surface area contributed by atoms with E-state index in [2.05, 4.69) is 17.5 Å². The number of likely N-dealkylation sites (tertiary alicyclic amines) is 1. The van der Waals surface area contributed by atoms with Gasteiger partial charge in [-0.25, -0.2) is 4.79 Å². The summed E-state index contributed by atoms with van der Waals surface area (Å²) in [5, 5.41) is 21.5. The third-order valence-corrected chi connectivity index (χ3v) is 10.7. The van der Waals surface area contributed by atoms with Gasteiger partial charge in [-0.2, -0.15) is 10.5 Å². The molecule has 4 heterocycles. The lowest BCUT2D eigenvalue weighted by Gasteiger charge is -2.44. The number of rotatable bonds is 2. The Morgan fingerprint density at radius 2 is 1.15 bits per heavy atom. The highest BCUT2D eigenvalue weighted by Gasteiger charge is 2.45. The van der Waals surface area contributed by atoms with Crippen LogP contribution in [0, 0.1) is 22.7 Å². The number of ketones is 2. The van der Waals surface area contributed by atoms with Gasteiger partial charge >= 0.3 is 6.09 Å². The second-order valence-corrected chi connectivity index (χ2v) is 15.8. The van der Waals surface area contributed by atoms with Crippen molar-refractivity contribution < 1.29 is 28.6 Å². The van der Waals surface area contributed by atoms with Gasteiger partial charge in [0.15, 0.2) is 11.6 Å². The van der Waals surface area contributed by atoms with Crippen molar-refractivity contribution in [3.05, 3.63) is 107 Å². The van der Waals surface area contributed by atoms with Crippen molar-refractivity contribution in [3.63, 3.8) is 0 Å². The molecule has 2 fully saturated rings. The Bertz CT molecular complexity index is 2230. The molecule has 0 saturated carbocycles. The summed E-state index contributed by atoms with van der Waals surface area (Å²) in [5.74, 6) is 1.47. The van der Waals surface area contributed by atoms with Gasteiger partial charge in [0.05, 0.1) is 47.2 Å². The number of carbonyl (C=O) groups excluding carboxylic acids is 3. The SMILES string of the molecule is CC(C)(C)OC(=O)N1CCC2(CC1)CC(=O)c1cc(-c3cccc(C#N)c3)ccc1O2.N#Cc1cccc(-c2ccc3c(c2)C(=O)CC2(CCNCC2)O3)c1. The molecule has 0 bridgehead atoms. The standard InChI is InChI=1S/C25H26N2O4.C20H18N2O2/c1-24(2,3)31-23(29)27-11-9-25(10-12-27)15-21(28)20-14-19(7-8-22(20)30-25)18-6-4-5-17(13-18)16-26;21-13-14-2-1-3-15(10-14)16-4-5-19-17(11-16)18(23)12-20(24-19)6-8-22-9-7-20/h4-8,13-14H,9-12,15H2,1-3H3;1-5,10-11,22H,6-9,12H2. The summed E-state index contributed by atoms with van der Waals surface area (Å²) in [6.07, 6.45) is 3.32. The van der Waals surface area contributed by atoms with E-state index >= 15 is 0 Å². The second-order valence-electron chi connectivity index (χ2n) is 15.8. The van der Waals surface area contributed by atoms with Crippen molar-refractivity contribution in [2.75, 3.05) is 26.2 Å². The van der Waals surface area contributed by atoms with Crippen LogP contribution in [0.25, 0.3) is 22.3 Å². The van der Waals surface area contributed by atoms with Crippen LogP contribution in [-0.2, 0) is 4.74 Å². The minimum absolute atomic E-state index is 0.0465. The minimum Gasteiger partial charge on any atom is -0.486 e. The van der Waals surface area contributed by atoms with Crippen LogP contribution in [0.5, 0.6) is 11.5 Å². The topological polar surface area (TPSA) is 142 Å². The van der Waals surface area contributed by atoms with Gasteiger partial charge in [0, 0.05) is 38.8 Å². The molecule has 0 atom stereocenters. The summed E-state index contributed by atoms with van der Waals surface area (Å²) in [6.45, 7) is 8.32. The maximum Gasteiger partial charge on any atom is 0.410 e. The molecule has 280 valence electrons. The van der Waals surface area contributed by atoms with Gasteiger partial charge in [-0.3, -0.25) is 9.59 Å². The van der Waals surface area contributed by atoms with Crippen LogP contribution in [0.1, 0.15) is 91.1 Å². The molecule has 4 aliphatic heterocycles. The van der Waals surface area contributed by atoms with Crippen LogP contribution in [0.2, 0.25) is 0 Å². The van der Waals surface area contributed by atoms with Crippen LogP contribution in [-0.4, -0.2) is 65.5 Å². The number of fused-ring (bicyclic) bond motifs is 2. The van der Waals surface area contributed by atoms with Crippen molar-refractivity contribution in [3.8, 4) is 45.9 Å². The average molecular weight is 737 g/mol. The molecule has 1 N–H and O–H groups in total. The highest BCUT2D eigenvalue weighted by molar-refractivity contribution is 6.02. The Morgan fingerprint density at radius 3 is 1.60 bits per heavy atom. The maximum absolute atomic E-state index is 13.0. The van der Waals surface area contributed by atoms with Crippen molar-refractivity contribution in [1.29, 1.82) is 10.5 Å². The normalized spacial score (nSPS) is 17.9. The van der Waals surface area contributed by atoms with Crippen LogP contribution < -0.4 is 14.8 Å². The smallest absolute Gasteiger partial charge is 0.410 e. The zero-order valence-corrected chi connectivity index (χ0v) is 31.4. The van der Waals surface area contributed by atoms with Gasteiger partial charge in [0.2, 0.25) is 0 Å². The molecular weight excluding hydrogens is 693 g/mol. The molecule has 4 aromatic rings. The van der Waals surface area contributed by atoms with E-state index in [0.29, 0.717) is 72.5 Å². The summed E-state index contributed by atoms with van der Waals surface area (Å²) in [7, 11) is 0. The lowest BCUT2D eigenvalue weighted by Crippen LogP contribution is -2.52. The highest BCUT2D eigenvalue weighted by atomic mass is 16.6. The summed E-state index contributed by atoms with van der Waals surface area (Å²) in [5.41, 5.74) is 4.60. The number of nitriles is 2. The van der Waals surface area contributed by atoms with Gasteiger partial charge < -0.3 is 24.4 Å². The first kappa shape index (κ1) is 37.3. The number of hydrogen-bond donors (Lipinski definition) is 1. The Balaban J connectivity index is 0.000000174. The van der Waals surface area contributed by atoms with Gasteiger partial charge in [0.25, 0.3) is 0 Å². The van der Waals surface area contributed by atoms with Crippen molar-refractivity contribution in [2.45, 2.75) is 76.1 Å². The number of amides is 1. The third kappa shape index (κ3) is 8.25. The Hall–Kier alpha value is -5.97. The molecule has 8 rings (SSSR count). The maximum atomic E-state index is 13.0. The number of Topliss-reactive ketones (excluding diaryl/α,β-unsaturated/α-hetero) is 2. The van der Waals surface area contributed by atoms with Crippen LogP contribution >= 0.6 is 0 Å². The second kappa shape index (κ2) is 15.0. The zero-order valence-electron chi connectivity index (χ0n) is 31.4. The fourth-order valence-corrected chi connectivity index (χ4v) is 7.75. The molecule has 0 aliphatic carbocycles. The Labute approximate surface area is 321 Å². The average Bonchev–Trinajstić information content (AvgIpc) is 3.18. The number of piperidine rings is 2. The van der Waals surface area contributed by atoms with Gasteiger partial charge in [-0.05, 0) is 105 Å². The summed E-state index contributed by atoms with van der Waals surface area (Å²) >= 11 is 0. The molecule has 4 aliphatic rings. The number of nitrogens with one attached hydrogen (secondary N) is 1. The fourth-order valence-electron chi connectivity index (χ4n) is 7.75. The molecule has 2 saturated heterocycles. The Morgan fingerprint density at radius 1 is 0.691 bits per heavy atom. The molecule has 0 aromatic heterocycles. The van der Waals surface area contributed by atoms with Crippen molar-refractivity contribution >= 4 is 17.7 Å². The number of benzene rings is 4. The minimum atomic E-state index is -0.579. The van der Waals surface area contributed by atoms with E-state index in [0.717, 1.165) is 48.2 Å². The summed E-state index contributed by atoms with van der Waals surface area (Å²) < 4.78 is 18.1. The molecule has 0 unspecified atom stereocenters. The molecule has 4 aromatic carbocycles. The van der Waals surface area contributed by atoms with E-state index in [4.69, 9.17) is 24.7 Å². The molecule has 55 heavy (non-hydrogen) atoms. The fraction of sp³-hybridized carbons (Fsp3) is 0.356. The van der Waals surface area contributed by atoms with E-state index in [9.17, 15) is 14.4 Å². The first-order chi connectivity index (χ1) is 26.4. The first-order valence-electron chi connectivity index (χ1n) is 18.8. The third-order valence-electron chi connectivity index (χ3n) is 10.7. The van der Waals surface area contributed by atoms with Crippen molar-refractivity contribution in [1.82, 2.24) is 10.2 Å². The summed E-state index contributed by atoms with van der Waals surface area (Å²) in [6, 6.07) is 30.4. The predicted molar refractivity (Wildman–Crippen MR) is 207 cm³/mol. The van der Waals surface area contributed by atoms with E-state index in [-0.39, 0.29) is 23.3 Å². The Kier molecular flexibility index (Phi) is 10.2. The zero-order chi connectivity index (χ0) is 38.8. The number of ether oxygens (including phenoxy) is 3. The predicted octanol–water partition coefficient (Wildman–Crippen LogP) is 8.27. The lowest BCUT2D eigenvalue weighted by atomic mass is 9.82. The molecule has 1 amide bonds. The monoisotopic (exact) mass is 736 g/mol. The van der Waals surface area contributed by atoms with E-state index in [1.54, 1.807) is 17.0 Å². The number of hydrogen-bond acceptors (Lipinski definition) is 9. The molecule has 10 heteroatoms. The van der Waals surface area contributed by atoms with E-state index < -0.39 is 11.2 Å². The van der Waals surface area contributed by atoms with Crippen LogP contribution in [0.15, 0.2) is 84.9 Å². The number of carbonyl (C=O) groups is 3. The van der Waals surface area contributed by atoms with Gasteiger partial charge in [-0.1, -0.05) is 36.4 Å². The molecule has 10 nitrogen and oxygen atoms in total.